The van der Waals surface area contributed by atoms with Crippen LogP contribution in [0.4, 0.5) is 0 Å². The van der Waals surface area contributed by atoms with Crippen LogP contribution >= 0.6 is 0 Å². The lowest BCUT2D eigenvalue weighted by Gasteiger charge is -2.24. The molecule has 0 atom stereocenters. The first kappa shape index (κ1) is 13.8. The van der Waals surface area contributed by atoms with Gasteiger partial charge in [-0.2, -0.15) is 0 Å². The third-order valence-electron chi connectivity index (χ3n) is 1.24. The third kappa shape index (κ3) is 8.42. The van der Waals surface area contributed by atoms with Crippen LogP contribution in [-0.2, 0) is 20.0 Å². The first-order valence-electron chi connectivity index (χ1n) is 3.85. The molecule has 0 aromatic rings. The van der Waals surface area contributed by atoms with E-state index in [1.807, 2.05) is 0 Å². The maximum atomic E-state index is 10.9. The second kappa shape index (κ2) is 4.13. The quantitative estimate of drug-likeness (QED) is 0.639. The molecule has 0 aromatic heterocycles. The van der Waals surface area contributed by atoms with Gasteiger partial charge in [0.1, 0.15) is 0 Å². The number of hydrogen-bond donors (Lipinski definition) is 2. The van der Waals surface area contributed by atoms with Gasteiger partial charge in [0.05, 0.1) is 12.5 Å². The summed E-state index contributed by atoms with van der Waals surface area (Å²) in [5.41, 5.74) is -0.837. The van der Waals surface area contributed by atoms with Gasteiger partial charge in [-0.1, -0.05) is 0 Å². The largest absolute Gasteiger partial charge is 0.214 e. The highest BCUT2D eigenvalue weighted by Gasteiger charge is 2.22. The normalized spacial score (nSPS) is 14.3. The molecule has 0 aliphatic carbocycles. The van der Waals surface area contributed by atoms with Crippen molar-refractivity contribution in [1.29, 1.82) is 0 Å². The van der Waals surface area contributed by atoms with Gasteiger partial charge >= 0.3 is 0 Å². The van der Waals surface area contributed by atoms with Crippen LogP contribution in [0, 0.1) is 0 Å². The summed E-state index contributed by atoms with van der Waals surface area (Å²) in [6.45, 7) is 3.19. The molecule has 0 fully saturated rings. The van der Waals surface area contributed by atoms with Gasteiger partial charge in [0.2, 0.25) is 20.0 Å². The van der Waals surface area contributed by atoms with Crippen molar-refractivity contribution in [1.82, 2.24) is 9.44 Å². The zero-order chi connectivity index (χ0) is 11.6. The molecular weight excluding hydrogens is 228 g/mol. The van der Waals surface area contributed by atoms with E-state index in [1.165, 1.54) is 0 Å². The Labute approximate surface area is 85.2 Å². The van der Waals surface area contributed by atoms with Gasteiger partial charge in [-0.3, -0.25) is 0 Å². The van der Waals surface area contributed by atoms with Crippen LogP contribution in [0.3, 0.4) is 0 Å². The average molecular weight is 244 g/mol. The number of hydrogen-bond acceptors (Lipinski definition) is 4. The van der Waals surface area contributed by atoms with E-state index < -0.39 is 25.6 Å². The predicted octanol–water partition coefficient (Wildman–Crippen LogP) is -1.14. The molecule has 0 aliphatic heterocycles. The molecule has 14 heavy (non-hydrogen) atoms. The van der Waals surface area contributed by atoms with Crippen LogP contribution in [0.1, 0.15) is 13.8 Å². The van der Waals surface area contributed by atoms with Crippen LogP contribution in [0.25, 0.3) is 0 Å². The van der Waals surface area contributed by atoms with Gasteiger partial charge in [-0.25, -0.2) is 26.3 Å². The van der Waals surface area contributed by atoms with Crippen LogP contribution in [0.5, 0.6) is 0 Å². The molecule has 0 bridgehead atoms. The second-order valence-corrected chi connectivity index (χ2v) is 7.43. The minimum atomic E-state index is -3.33. The van der Waals surface area contributed by atoms with E-state index in [9.17, 15) is 16.8 Å². The molecule has 0 aliphatic rings. The molecule has 86 valence electrons. The van der Waals surface area contributed by atoms with Crippen molar-refractivity contribution in [2.75, 3.05) is 19.1 Å². The number of rotatable bonds is 5. The molecule has 0 amide bonds. The monoisotopic (exact) mass is 244 g/mol. The Morgan fingerprint density at radius 1 is 1.00 bits per heavy atom. The fourth-order valence-electron chi connectivity index (χ4n) is 0.849. The van der Waals surface area contributed by atoms with E-state index in [4.69, 9.17) is 0 Å². The molecule has 0 spiro atoms. The molecule has 0 unspecified atom stereocenters. The van der Waals surface area contributed by atoms with Gasteiger partial charge in [0, 0.05) is 12.1 Å². The maximum absolute atomic E-state index is 10.9. The van der Waals surface area contributed by atoms with Crippen molar-refractivity contribution in [2.24, 2.45) is 0 Å². The Morgan fingerprint density at radius 2 is 1.43 bits per heavy atom. The van der Waals surface area contributed by atoms with Gasteiger partial charge in [-0.15, -0.1) is 0 Å². The highest BCUT2D eigenvalue weighted by atomic mass is 32.2. The first-order chi connectivity index (χ1) is 5.91. The van der Waals surface area contributed by atoms with Gasteiger partial charge in [0.25, 0.3) is 0 Å². The van der Waals surface area contributed by atoms with Crippen LogP contribution in [0.2, 0.25) is 0 Å². The predicted molar refractivity (Wildman–Crippen MR) is 54.9 cm³/mol. The standard InChI is InChI=1S/C6H16N2O4S2/c1-6(2,8-14(4,11)12)5-7-13(3,9)10/h7-8H,5H2,1-4H3. The summed E-state index contributed by atoms with van der Waals surface area (Å²) in [6, 6.07) is 0. The van der Waals surface area contributed by atoms with Crippen molar-refractivity contribution in [3.05, 3.63) is 0 Å². The first-order valence-corrected chi connectivity index (χ1v) is 7.63. The lowest BCUT2D eigenvalue weighted by Crippen LogP contribution is -2.50. The summed E-state index contributed by atoms with van der Waals surface area (Å²) in [7, 11) is -6.63. The summed E-state index contributed by atoms with van der Waals surface area (Å²) < 4.78 is 47.8. The number of nitrogens with one attached hydrogen (secondary N) is 2. The molecule has 0 rings (SSSR count). The summed E-state index contributed by atoms with van der Waals surface area (Å²) in [4.78, 5) is 0. The molecule has 0 heterocycles. The SMILES string of the molecule is CC(C)(CNS(C)(=O)=O)NS(C)(=O)=O. The van der Waals surface area contributed by atoms with E-state index in [0.717, 1.165) is 12.5 Å². The summed E-state index contributed by atoms with van der Waals surface area (Å²) in [6.07, 6.45) is 2.04. The maximum Gasteiger partial charge on any atom is 0.209 e. The van der Waals surface area contributed by atoms with E-state index in [0.29, 0.717) is 0 Å². The van der Waals surface area contributed by atoms with E-state index in [-0.39, 0.29) is 6.54 Å². The minimum Gasteiger partial charge on any atom is -0.214 e. The molecule has 8 heteroatoms. The van der Waals surface area contributed by atoms with Crippen molar-refractivity contribution in [2.45, 2.75) is 19.4 Å². The highest BCUT2D eigenvalue weighted by molar-refractivity contribution is 7.89. The zero-order valence-corrected chi connectivity index (χ0v) is 10.3. The molecule has 0 radical (unpaired) electrons. The highest BCUT2D eigenvalue weighted by Crippen LogP contribution is 2.02. The van der Waals surface area contributed by atoms with Gasteiger partial charge in [0.15, 0.2) is 0 Å². The smallest absolute Gasteiger partial charge is 0.209 e. The van der Waals surface area contributed by atoms with Gasteiger partial charge < -0.3 is 0 Å². The van der Waals surface area contributed by atoms with Crippen LogP contribution in [0.15, 0.2) is 0 Å². The molecule has 0 saturated carbocycles. The minimum absolute atomic E-state index is 0.0128. The molecule has 6 nitrogen and oxygen atoms in total. The summed E-state index contributed by atoms with van der Waals surface area (Å²) >= 11 is 0. The Morgan fingerprint density at radius 3 is 1.71 bits per heavy atom. The fourth-order valence-corrected chi connectivity index (χ4v) is 2.55. The lowest BCUT2D eigenvalue weighted by molar-refractivity contribution is 0.446. The average Bonchev–Trinajstić information content (AvgIpc) is 1.76. The van der Waals surface area contributed by atoms with Crippen LogP contribution < -0.4 is 9.44 Å². The van der Waals surface area contributed by atoms with E-state index >= 15 is 0 Å². The van der Waals surface area contributed by atoms with Crippen LogP contribution in [-0.4, -0.2) is 41.4 Å². The lowest BCUT2D eigenvalue weighted by atomic mass is 10.1. The van der Waals surface area contributed by atoms with Crippen molar-refractivity contribution < 1.29 is 16.8 Å². The molecular formula is C6H16N2O4S2. The Kier molecular flexibility index (Phi) is 4.08. The molecule has 2 N–H and O–H groups in total. The van der Waals surface area contributed by atoms with Crippen molar-refractivity contribution in [3.8, 4) is 0 Å². The summed E-state index contributed by atoms with van der Waals surface area (Å²) in [5, 5.41) is 0. The zero-order valence-electron chi connectivity index (χ0n) is 8.66. The Bertz CT molecular complexity index is 382. The van der Waals surface area contributed by atoms with E-state index in [1.54, 1.807) is 13.8 Å². The number of sulfonamides is 2. The molecule has 0 aromatic carbocycles. The third-order valence-corrected chi connectivity index (χ3v) is 2.83. The summed E-state index contributed by atoms with van der Waals surface area (Å²) in [5.74, 6) is 0. The van der Waals surface area contributed by atoms with Gasteiger partial charge in [-0.05, 0) is 13.8 Å². The van der Waals surface area contributed by atoms with E-state index in [2.05, 4.69) is 9.44 Å². The van der Waals surface area contributed by atoms with Crippen molar-refractivity contribution >= 4 is 20.0 Å². The topological polar surface area (TPSA) is 92.3 Å². The molecule has 0 saturated heterocycles. The fraction of sp³-hybridized carbons (Fsp3) is 1.00. The van der Waals surface area contributed by atoms with Crippen molar-refractivity contribution in [3.63, 3.8) is 0 Å². The second-order valence-electron chi connectivity index (χ2n) is 3.85. The Hall–Kier alpha value is -0.180. The Balaban J connectivity index is 4.37.